The lowest BCUT2D eigenvalue weighted by Gasteiger charge is -2.21. The fraction of sp³-hybridized carbons (Fsp3) is 0.375. The van der Waals surface area contributed by atoms with Crippen LogP contribution in [-0.4, -0.2) is 27.1 Å². The molecule has 1 aromatic heterocycles. The molecule has 7 nitrogen and oxygen atoms in total. The molecule has 0 aliphatic rings. The molecule has 2 rings (SSSR count). The number of aryl methyl sites for hydroxylation is 1. The summed E-state index contributed by atoms with van der Waals surface area (Å²) >= 11 is 0. The van der Waals surface area contributed by atoms with Crippen molar-refractivity contribution in [1.82, 2.24) is 9.78 Å². The number of aromatic nitrogens is 2. The number of hydrogen-bond donors (Lipinski definition) is 3. The number of carbonyl (C=O) groups excluding carboxylic acids is 1. The molecule has 0 saturated heterocycles. The second-order valence-corrected chi connectivity index (χ2v) is 5.45. The molecule has 7 heteroatoms. The lowest BCUT2D eigenvalue weighted by Crippen LogP contribution is -2.24. The van der Waals surface area contributed by atoms with Crippen LogP contribution in [0, 0.1) is 0 Å². The van der Waals surface area contributed by atoms with Crippen molar-refractivity contribution in [2.24, 2.45) is 5.73 Å². The summed E-state index contributed by atoms with van der Waals surface area (Å²) in [4.78, 5) is 10.8. The molecule has 2 atom stereocenters. The lowest BCUT2D eigenvalue weighted by atomic mass is 10.0. The van der Waals surface area contributed by atoms with Crippen molar-refractivity contribution in [3.63, 3.8) is 0 Å². The van der Waals surface area contributed by atoms with Crippen LogP contribution in [0.3, 0.4) is 0 Å². The molecule has 0 spiro atoms. The van der Waals surface area contributed by atoms with Crippen LogP contribution in [0.25, 0.3) is 0 Å². The monoisotopic (exact) mass is 318 g/mol. The number of amides is 1. The minimum atomic E-state index is -0.950. The third kappa shape index (κ3) is 4.46. The Balaban J connectivity index is 2.04. The molecular formula is C16H22N4O3. The second kappa shape index (κ2) is 7.64. The molecule has 1 amide bonds. The molecule has 0 bridgehead atoms. The summed E-state index contributed by atoms with van der Waals surface area (Å²) in [5.41, 5.74) is 12.1. The predicted molar refractivity (Wildman–Crippen MR) is 86.9 cm³/mol. The Bertz CT molecular complexity index is 640. The highest BCUT2D eigenvalue weighted by Gasteiger charge is 2.22. The normalized spacial score (nSPS) is 13.5. The number of anilines is 1. The zero-order valence-electron chi connectivity index (χ0n) is 13.1. The summed E-state index contributed by atoms with van der Waals surface area (Å²) in [6, 6.07) is 9.81. The third-order valence-corrected chi connectivity index (χ3v) is 3.69. The van der Waals surface area contributed by atoms with Crippen LogP contribution in [0.2, 0.25) is 0 Å². The number of benzene rings is 1. The van der Waals surface area contributed by atoms with E-state index in [1.165, 1.54) is 16.4 Å². The van der Waals surface area contributed by atoms with Crippen molar-refractivity contribution in [3.05, 3.63) is 42.1 Å². The summed E-state index contributed by atoms with van der Waals surface area (Å²) in [6.07, 6.45) is 2.19. The van der Waals surface area contributed by atoms with Crippen molar-refractivity contribution in [1.29, 1.82) is 0 Å². The Morgan fingerprint density at radius 1 is 1.39 bits per heavy atom. The predicted octanol–water partition coefficient (Wildman–Crippen LogP) is 1.87. The van der Waals surface area contributed by atoms with Crippen LogP contribution >= 0.6 is 0 Å². The lowest BCUT2D eigenvalue weighted by molar-refractivity contribution is 0.117. The van der Waals surface area contributed by atoms with Gasteiger partial charge in [-0.25, -0.2) is 9.48 Å². The Morgan fingerprint density at radius 2 is 2.09 bits per heavy atom. The molecule has 5 N–H and O–H groups in total. The van der Waals surface area contributed by atoms with Crippen molar-refractivity contribution in [2.75, 3.05) is 5.73 Å². The number of hydrogen-bond acceptors (Lipinski definition) is 5. The molecule has 2 aromatic rings. The summed E-state index contributed by atoms with van der Waals surface area (Å²) in [7, 11) is 0. The standard InChI is InChI=1S/C16H22N4O3/c1-11(21)13(9-5-8-12-6-3-2-4-7-12)20-15(17)14(10-19-20)23-16(18)22/h2-4,6-7,10-11,13,21H,5,8-9,17H2,1H3,(H2,18,22). The van der Waals surface area contributed by atoms with E-state index in [9.17, 15) is 9.90 Å². The number of aliphatic hydroxyl groups is 1. The number of carbonyl (C=O) groups is 1. The molecule has 0 aliphatic carbocycles. The van der Waals surface area contributed by atoms with E-state index in [4.69, 9.17) is 16.2 Å². The van der Waals surface area contributed by atoms with Crippen LogP contribution in [0.4, 0.5) is 10.6 Å². The Labute approximate surface area is 134 Å². The molecule has 124 valence electrons. The first kappa shape index (κ1) is 16.8. The fourth-order valence-electron chi connectivity index (χ4n) is 2.54. The van der Waals surface area contributed by atoms with E-state index in [0.717, 1.165) is 12.8 Å². The largest absolute Gasteiger partial charge is 0.410 e. The van der Waals surface area contributed by atoms with Gasteiger partial charge in [0.25, 0.3) is 0 Å². The minimum absolute atomic E-state index is 0.103. The van der Waals surface area contributed by atoms with Gasteiger partial charge in [0, 0.05) is 0 Å². The first-order chi connectivity index (χ1) is 11.0. The van der Waals surface area contributed by atoms with Crippen molar-refractivity contribution in [3.8, 4) is 5.75 Å². The minimum Gasteiger partial charge on any atom is -0.405 e. The summed E-state index contributed by atoms with van der Waals surface area (Å²) < 4.78 is 6.26. The molecular weight excluding hydrogens is 296 g/mol. The van der Waals surface area contributed by atoms with E-state index in [1.807, 2.05) is 18.2 Å². The Morgan fingerprint density at radius 3 is 2.70 bits per heavy atom. The van der Waals surface area contributed by atoms with Crippen LogP contribution in [0.5, 0.6) is 5.75 Å². The third-order valence-electron chi connectivity index (χ3n) is 3.69. The summed E-state index contributed by atoms with van der Waals surface area (Å²) in [6.45, 7) is 1.68. The molecule has 23 heavy (non-hydrogen) atoms. The van der Waals surface area contributed by atoms with E-state index in [2.05, 4.69) is 17.2 Å². The Hall–Kier alpha value is -2.54. The molecule has 0 fully saturated rings. The van der Waals surface area contributed by atoms with Gasteiger partial charge in [0.1, 0.15) is 0 Å². The Kier molecular flexibility index (Phi) is 5.59. The van der Waals surface area contributed by atoms with Gasteiger partial charge in [-0.05, 0) is 31.7 Å². The average molecular weight is 318 g/mol. The van der Waals surface area contributed by atoms with E-state index < -0.39 is 12.2 Å². The topological polar surface area (TPSA) is 116 Å². The smallest absolute Gasteiger partial charge is 0.405 e. The zero-order chi connectivity index (χ0) is 16.8. The highest BCUT2D eigenvalue weighted by Crippen LogP contribution is 2.28. The van der Waals surface area contributed by atoms with Gasteiger partial charge < -0.3 is 21.3 Å². The number of nitrogens with two attached hydrogens (primary N) is 2. The van der Waals surface area contributed by atoms with E-state index >= 15 is 0 Å². The molecule has 1 heterocycles. The number of nitrogens with zero attached hydrogens (tertiary/aromatic N) is 2. The van der Waals surface area contributed by atoms with Gasteiger partial charge in [-0.2, -0.15) is 5.10 Å². The highest BCUT2D eigenvalue weighted by molar-refractivity contribution is 5.70. The van der Waals surface area contributed by atoms with Gasteiger partial charge >= 0.3 is 6.09 Å². The maximum atomic E-state index is 10.8. The number of primary amides is 1. The quantitative estimate of drug-likeness (QED) is 0.720. The highest BCUT2D eigenvalue weighted by atomic mass is 16.5. The van der Waals surface area contributed by atoms with Gasteiger partial charge in [-0.3, -0.25) is 0 Å². The average Bonchev–Trinajstić information content (AvgIpc) is 2.85. The van der Waals surface area contributed by atoms with Gasteiger partial charge in [0.15, 0.2) is 11.6 Å². The van der Waals surface area contributed by atoms with Gasteiger partial charge in [0.2, 0.25) is 0 Å². The number of aliphatic hydroxyl groups excluding tert-OH is 1. The van der Waals surface area contributed by atoms with Crippen LogP contribution in [0.1, 0.15) is 31.4 Å². The van der Waals surface area contributed by atoms with E-state index in [1.54, 1.807) is 6.92 Å². The van der Waals surface area contributed by atoms with Gasteiger partial charge in [0.05, 0.1) is 18.3 Å². The molecule has 0 radical (unpaired) electrons. The summed E-state index contributed by atoms with van der Waals surface area (Å²) in [5.74, 6) is 0.278. The van der Waals surface area contributed by atoms with Gasteiger partial charge in [-0.1, -0.05) is 30.3 Å². The van der Waals surface area contributed by atoms with Crippen LogP contribution < -0.4 is 16.2 Å². The fourth-order valence-corrected chi connectivity index (χ4v) is 2.54. The van der Waals surface area contributed by atoms with Gasteiger partial charge in [-0.15, -0.1) is 0 Å². The molecule has 0 saturated carbocycles. The van der Waals surface area contributed by atoms with Crippen molar-refractivity contribution in [2.45, 2.75) is 38.3 Å². The SMILES string of the molecule is CC(O)C(CCCc1ccccc1)n1ncc(OC(N)=O)c1N. The maximum absolute atomic E-state index is 10.8. The molecule has 0 aliphatic heterocycles. The van der Waals surface area contributed by atoms with Crippen molar-refractivity contribution >= 4 is 11.9 Å². The molecule has 2 unspecified atom stereocenters. The number of rotatable bonds is 7. The first-order valence-electron chi connectivity index (χ1n) is 7.51. The maximum Gasteiger partial charge on any atom is 0.410 e. The van der Waals surface area contributed by atoms with E-state index in [-0.39, 0.29) is 17.6 Å². The number of nitrogen functional groups attached to an aromatic ring is 1. The van der Waals surface area contributed by atoms with Crippen LogP contribution in [0.15, 0.2) is 36.5 Å². The van der Waals surface area contributed by atoms with Crippen LogP contribution in [-0.2, 0) is 6.42 Å². The van der Waals surface area contributed by atoms with E-state index in [0.29, 0.717) is 6.42 Å². The number of ether oxygens (including phenoxy) is 1. The summed E-state index contributed by atoms with van der Waals surface area (Å²) in [5, 5.41) is 14.1. The zero-order valence-corrected chi connectivity index (χ0v) is 13.1. The first-order valence-corrected chi connectivity index (χ1v) is 7.51. The molecule has 1 aromatic carbocycles. The second-order valence-electron chi connectivity index (χ2n) is 5.45. The van der Waals surface area contributed by atoms with Crippen molar-refractivity contribution < 1.29 is 14.6 Å².